The Labute approximate surface area is 97.0 Å². The summed E-state index contributed by atoms with van der Waals surface area (Å²) in [6.45, 7) is 0.924. The summed E-state index contributed by atoms with van der Waals surface area (Å²) in [5.41, 5.74) is 1.89. The third kappa shape index (κ3) is 3.56. The first-order valence-electron chi connectivity index (χ1n) is 4.32. The van der Waals surface area contributed by atoms with Crippen LogP contribution in [0.2, 0.25) is 5.02 Å². The zero-order chi connectivity index (χ0) is 10.6. The highest BCUT2D eigenvalue weighted by molar-refractivity contribution is 9.09. The Morgan fingerprint density at radius 2 is 2.21 bits per heavy atom. The van der Waals surface area contributed by atoms with Crippen molar-refractivity contribution in [1.82, 2.24) is 4.90 Å². The molecule has 1 aromatic rings. The molecular formula is C10H12BrClFN. The second-order valence-electron chi connectivity index (χ2n) is 3.20. The molecule has 1 rings (SSSR count). The molecule has 0 aliphatic carbocycles. The largest absolute Gasteiger partial charge is 0.296 e. The first-order chi connectivity index (χ1) is 6.63. The van der Waals surface area contributed by atoms with Gasteiger partial charge in [0.1, 0.15) is 5.82 Å². The summed E-state index contributed by atoms with van der Waals surface area (Å²) in [6.07, 6.45) is 0.877. The predicted octanol–water partition coefficient (Wildman–Crippen LogP) is 3.31. The van der Waals surface area contributed by atoms with Gasteiger partial charge in [0.15, 0.2) is 0 Å². The SMILES string of the molecule is CN(CBr)CCc1ccc(F)c(Cl)c1. The summed E-state index contributed by atoms with van der Waals surface area (Å²) in [6, 6.07) is 4.86. The fourth-order valence-electron chi connectivity index (χ4n) is 1.07. The number of rotatable bonds is 4. The molecule has 0 aromatic heterocycles. The normalized spacial score (nSPS) is 10.9. The third-order valence-electron chi connectivity index (χ3n) is 1.97. The number of alkyl halides is 1. The van der Waals surface area contributed by atoms with Crippen LogP contribution in [0.1, 0.15) is 5.56 Å². The Kier molecular flexibility index (Phi) is 4.85. The van der Waals surface area contributed by atoms with E-state index in [4.69, 9.17) is 11.6 Å². The maximum Gasteiger partial charge on any atom is 0.141 e. The van der Waals surface area contributed by atoms with Gasteiger partial charge in [0.05, 0.1) is 10.5 Å². The van der Waals surface area contributed by atoms with Gasteiger partial charge in [-0.3, -0.25) is 4.90 Å². The van der Waals surface area contributed by atoms with Crippen LogP contribution in [0.3, 0.4) is 0 Å². The van der Waals surface area contributed by atoms with Crippen molar-refractivity contribution < 1.29 is 4.39 Å². The van der Waals surface area contributed by atoms with E-state index in [1.807, 2.05) is 7.05 Å². The summed E-state index contributed by atoms with van der Waals surface area (Å²) >= 11 is 9.02. The highest BCUT2D eigenvalue weighted by atomic mass is 79.9. The molecule has 0 saturated carbocycles. The van der Waals surface area contributed by atoms with E-state index >= 15 is 0 Å². The van der Waals surface area contributed by atoms with Crippen molar-refractivity contribution >= 4 is 27.5 Å². The number of nitrogens with zero attached hydrogens (tertiary/aromatic N) is 1. The van der Waals surface area contributed by atoms with Gasteiger partial charge >= 0.3 is 0 Å². The lowest BCUT2D eigenvalue weighted by Gasteiger charge is -2.12. The van der Waals surface area contributed by atoms with Crippen molar-refractivity contribution in [2.45, 2.75) is 6.42 Å². The van der Waals surface area contributed by atoms with Gasteiger partial charge in [-0.1, -0.05) is 33.6 Å². The smallest absolute Gasteiger partial charge is 0.141 e. The van der Waals surface area contributed by atoms with Gasteiger partial charge in [-0.05, 0) is 31.2 Å². The summed E-state index contributed by atoms with van der Waals surface area (Å²) < 4.78 is 12.8. The molecule has 1 nitrogen and oxygen atoms in total. The van der Waals surface area contributed by atoms with Crippen LogP contribution < -0.4 is 0 Å². The van der Waals surface area contributed by atoms with Gasteiger partial charge in [0.25, 0.3) is 0 Å². The fourth-order valence-corrected chi connectivity index (χ4v) is 1.53. The van der Waals surface area contributed by atoms with Crippen LogP contribution in [-0.2, 0) is 6.42 Å². The maximum absolute atomic E-state index is 12.8. The third-order valence-corrected chi connectivity index (χ3v) is 3.12. The fraction of sp³-hybridized carbons (Fsp3) is 0.400. The lowest BCUT2D eigenvalue weighted by atomic mass is 10.1. The van der Waals surface area contributed by atoms with E-state index in [0.717, 1.165) is 24.0 Å². The molecular weight excluding hydrogens is 268 g/mol. The van der Waals surface area contributed by atoms with E-state index in [2.05, 4.69) is 20.8 Å². The van der Waals surface area contributed by atoms with E-state index in [1.165, 1.54) is 6.07 Å². The lowest BCUT2D eigenvalue weighted by Crippen LogP contribution is -2.18. The second kappa shape index (κ2) is 5.69. The molecule has 0 amide bonds. The Morgan fingerprint density at radius 3 is 2.79 bits per heavy atom. The number of hydrogen-bond donors (Lipinski definition) is 0. The van der Waals surface area contributed by atoms with Crippen molar-refractivity contribution in [3.63, 3.8) is 0 Å². The van der Waals surface area contributed by atoms with Gasteiger partial charge in [-0.15, -0.1) is 0 Å². The van der Waals surface area contributed by atoms with E-state index < -0.39 is 0 Å². The quantitative estimate of drug-likeness (QED) is 0.604. The van der Waals surface area contributed by atoms with E-state index in [-0.39, 0.29) is 10.8 Å². The van der Waals surface area contributed by atoms with Gasteiger partial charge in [0, 0.05) is 6.54 Å². The predicted molar refractivity (Wildman–Crippen MR) is 61.5 cm³/mol. The summed E-state index contributed by atoms with van der Waals surface area (Å²) in [7, 11) is 2.01. The topological polar surface area (TPSA) is 3.24 Å². The van der Waals surface area contributed by atoms with Crippen molar-refractivity contribution in [2.24, 2.45) is 0 Å². The number of halogens is 3. The molecule has 0 heterocycles. The zero-order valence-electron chi connectivity index (χ0n) is 7.93. The molecule has 1 aromatic carbocycles. The first-order valence-corrected chi connectivity index (χ1v) is 5.82. The van der Waals surface area contributed by atoms with Crippen LogP contribution in [0, 0.1) is 5.82 Å². The van der Waals surface area contributed by atoms with Crippen molar-refractivity contribution in [3.8, 4) is 0 Å². The molecule has 0 radical (unpaired) electrons. The van der Waals surface area contributed by atoms with E-state index in [0.29, 0.717) is 0 Å². The molecule has 78 valence electrons. The molecule has 0 saturated heterocycles. The molecule has 0 atom stereocenters. The average Bonchev–Trinajstić information content (AvgIpc) is 2.19. The Balaban J connectivity index is 2.55. The van der Waals surface area contributed by atoms with Gasteiger partial charge in [-0.25, -0.2) is 4.39 Å². The molecule has 0 N–H and O–H groups in total. The van der Waals surface area contributed by atoms with Crippen LogP contribution in [0.25, 0.3) is 0 Å². The van der Waals surface area contributed by atoms with Gasteiger partial charge in [0.2, 0.25) is 0 Å². The molecule has 0 unspecified atom stereocenters. The highest BCUT2D eigenvalue weighted by Gasteiger charge is 2.02. The zero-order valence-corrected chi connectivity index (χ0v) is 10.3. The van der Waals surface area contributed by atoms with Gasteiger partial charge in [-0.2, -0.15) is 0 Å². The minimum Gasteiger partial charge on any atom is -0.296 e. The van der Waals surface area contributed by atoms with E-state index in [1.54, 1.807) is 12.1 Å². The first kappa shape index (κ1) is 12.0. The van der Waals surface area contributed by atoms with Crippen LogP contribution in [-0.4, -0.2) is 23.9 Å². The average molecular weight is 281 g/mol. The molecule has 0 fully saturated rings. The van der Waals surface area contributed by atoms with Crippen LogP contribution >= 0.6 is 27.5 Å². The van der Waals surface area contributed by atoms with Crippen LogP contribution in [0.4, 0.5) is 4.39 Å². The van der Waals surface area contributed by atoms with Crippen molar-refractivity contribution in [3.05, 3.63) is 34.6 Å². The maximum atomic E-state index is 12.8. The minimum atomic E-state index is -0.357. The van der Waals surface area contributed by atoms with Crippen molar-refractivity contribution in [1.29, 1.82) is 0 Å². The molecule has 0 spiro atoms. The van der Waals surface area contributed by atoms with Crippen LogP contribution in [0.15, 0.2) is 18.2 Å². The Bertz CT molecular complexity index is 306. The standard InChI is InChI=1S/C10H12BrClFN/c1-14(7-11)5-4-8-2-3-10(13)9(12)6-8/h2-3,6H,4-5,7H2,1H3. The molecule has 14 heavy (non-hydrogen) atoms. The Morgan fingerprint density at radius 1 is 1.50 bits per heavy atom. The number of hydrogen-bond acceptors (Lipinski definition) is 1. The number of likely N-dealkylation sites (N-methyl/N-ethyl adjacent to an activating group) is 1. The molecule has 0 aliphatic heterocycles. The van der Waals surface area contributed by atoms with Crippen molar-refractivity contribution in [2.75, 3.05) is 19.0 Å². The summed E-state index contributed by atoms with van der Waals surface area (Å²) in [4.78, 5) is 2.12. The van der Waals surface area contributed by atoms with Crippen LogP contribution in [0.5, 0.6) is 0 Å². The summed E-state index contributed by atoms with van der Waals surface area (Å²) in [5.74, 6) is -0.357. The summed E-state index contributed by atoms with van der Waals surface area (Å²) in [5, 5.41) is 0.198. The monoisotopic (exact) mass is 279 g/mol. The highest BCUT2D eigenvalue weighted by Crippen LogP contribution is 2.16. The molecule has 4 heteroatoms. The lowest BCUT2D eigenvalue weighted by molar-refractivity contribution is 0.401. The number of benzene rings is 1. The van der Waals surface area contributed by atoms with Gasteiger partial charge < -0.3 is 0 Å². The minimum absolute atomic E-state index is 0.198. The molecule has 0 bridgehead atoms. The van der Waals surface area contributed by atoms with E-state index in [9.17, 15) is 4.39 Å². The Hall–Kier alpha value is -0.120. The molecule has 0 aliphatic rings. The second-order valence-corrected chi connectivity index (χ2v) is 4.11.